The lowest BCUT2D eigenvalue weighted by atomic mass is 10.1. The third-order valence-corrected chi connectivity index (χ3v) is 6.84. The molecule has 0 bridgehead atoms. The Morgan fingerprint density at radius 1 is 0.561 bits per heavy atom. The van der Waals surface area contributed by atoms with Gasteiger partial charge in [0.2, 0.25) is 11.9 Å². The van der Waals surface area contributed by atoms with Crippen molar-refractivity contribution in [1.29, 1.82) is 0 Å². The molecule has 2 aromatic heterocycles. The average Bonchev–Trinajstić information content (AvgIpc) is 2.96. The first-order chi connectivity index (χ1) is 19.7. The van der Waals surface area contributed by atoms with E-state index in [-0.39, 0.29) is 26.4 Å². The Morgan fingerprint density at radius 3 is 1.12 bits per heavy atom. The van der Waals surface area contributed by atoms with Crippen molar-refractivity contribution in [3.8, 4) is 0 Å². The topological polar surface area (TPSA) is 223 Å². The SMILES string of the molecule is O=P(O)(O)O.OCCN(CCO)c1nc(N2CCCCC2)c2nc(N(CCO)CCO)nc(N3CCCCC3)c2n1. The second-order valence-electron chi connectivity index (χ2n) is 9.87. The minimum Gasteiger partial charge on any atom is -0.395 e. The second-order valence-corrected chi connectivity index (χ2v) is 10.9. The van der Waals surface area contributed by atoms with E-state index >= 15 is 0 Å². The predicted octanol–water partition coefficient (Wildman–Crippen LogP) is -0.946. The molecular formula is C24H43N8O8P. The highest BCUT2D eigenvalue weighted by molar-refractivity contribution is 7.45. The van der Waals surface area contributed by atoms with Crippen molar-refractivity contribution in [3.63, 3.8) is 0 Å². The van der Waals surface area contributed by atoms with Crippen LogP contribution >= 0.6 is 7.82 Å². The van der Waals surface area contributed by atoms with Gasteiger partial charge in [0.1, 0.15) is 11.0 Å². The summed E-state index contributed by atoms with van der Waals surface area (Å²) < 4.78 is 8.88. The van der Waals surface area contributed by atoms with Crippen molar-refractivity contribution < 1.29 is 39.7 Å². The first-order valence-electron chi connectivity index (χ1n) is 14.0. The van der Waals surface area contributed by atoms with Crippen LogP contribution in [0.5, 0.6) is 0 Å². The highest BCUT2D eigenvalue weighted by Gasteiger charge is 2.27. The number of aliphatic hydroxyl groups excluding tert-OH is 4. The smallest absolute Gasteiger partial charge is 0.395 e. The average molecular weight is 603 g/mol. The molecule has 2 fully saturated rings. The molecule has 0 amide bonds. The Kier molecular flexibility index (Phi) is 13.1. The van der Waals surface area contributed by atoms with Gasteiger partial charge in [-0.05, 0) is 38.5 Å². The zero-order valence-corrected chi connectivity index (χ0v) is 24.2. The minimum atomic E-state index is -4.64. The van der Waals surface area contributed by atoms with Crippen LogP contribution in [0, 0.1) is 0 Å². The maximum absolute atomic E-state index is 9.64. The fourth-order valence-corrected chi connectivity index (χ4v) is 5.00. The molecule has 4 rings (SSSR count). The number of nitrogens with zero attached hydrogens (tertiary/aromatic N) is 8. The third kappa shape index (κ3) is 9.82. The molecule has 0 atom stereocenters. The molecule has 0 saturated carbocycles. The fourth-order valence-electron chi connectivity index (χ4n) is 5.00. The number of fused-ring (bicyclic) bond motifs is 1. The number of hydrogen-bond donors (Lipinski definition) is 7. The molecule has 17 heteroatoms. The fraction of sp³-hybridized carbons (Fsp3) is 0.750. The van der Waals surface area contributed by atoms with Gasteiger partial charge >= 0.3 is 7.82 Å². The molecule has 2 aliphatic heterocycles. The summed E-state index contributed by atoms with van der Waals surface area (Å²) in [6.07, 6.45) is 6.61. The summed E-state index contributed by atoms with van der Waals surface area (Å²) in [6, 6.07) is 0. The monoisotopic (exact) mass is 602 g/mol. The number of aromatic nitrogens is 4. The maximum Gasteiger partial charge on any atom is 0.466 e. The van der Waals surface area contributed by atoms with Crippen LogP contribution in [0.2, 0.25) is 0 Å². The van der Waals surface area contributed by atoms with Gasteiger partial charge in [-0.1, -0.05) is 0 Å². The first-order valence-corrected chi connectivity index (χ1v) is 15.6. The van der Waals surface area contributed by atoms with Crippen LogP contribution in [-0.4, -0.2) is 134 Å². The molecule has 2 saturated heterocycles. The predicted molar refractivity (Wildman–Crippen MR) is 154 cm³/mol. The van der Waals surface area contributed by atoms with Crippen LogP contribution in [0.15, 0.2) is 0 Å². The normalized spacial score (nSPS) is 16.0. The molecule has 2 aromatic rings. The summed E-state index contributed by atoms with van der Waals surface area (Å²) in [5.74, 6) is 2.35. The van der Waals surface area contributed by atoms with Crippen LogP contribution in [0.3, 0.4) is 0 Å². The first kappa shape index (κ1) is 33.1. The lowest BCUT2D eigenvalue weighted by molar-refractivity contribution is 0.275. The quantitative estimate of drug-likeness (QED) is 0.146. The van der Waals surface area contributed by atoms with E-state index < -0.39 is 7.82 Å². The number of anilines is 4. The number of rotatable bonds is 12. The second kappa shape index (κ2) is 16.3. The van der Waals surface area contributed by atoms with Gasteiger partial charge in [0, 0.05) is 52.4 Å². The van der Waals surface area contributed by atoms with E-state index in [2.05, 4.69) is 9.80 Å². The number of piperidine rings is 2. The Hall–Kier alpha value is -2.43. The van der Waals surface area contributed by atoms with Crippen LogP contribution in [-0.2, 0) is 4.57 Å². The molecule has 7 N–H and O–H groups in total. The van der Waals surface area contributed by atoms with Crippen LogP contribution in [0.4, 0.5) is 23.5 Å². The summed E-state index contributed by atoms with van der Waals surface area (Å²) in [6.45, 7) is 4.38. The van der Waals surface area contributed by atoms with Gasteiger partial charge < -0.3 is 54.7 Å². The van der Waals surface area contributed by atoms with Crippen molar-refractivity contribution in [1.82, 2.24) is 19.9 Å². The van der Waals surface area contributed by atoms with Gasteiger partial charge in [-0.3, -0.25) is 0 Å². The van der Waals surface area contributed by atoms with E-state index in [1.165, 1.54) is 12.8 Å². The molecular weight excluding hydrogens is 559 g/mol. The minimum absolute atomic E-state index is 0.0772. The Balaban J connectivity index is 0.000000850. The summed E-state index contributed by atoms with van der Waals surface area (Å²) in [5, 5.41) is 38.6. The van der Waals surface area contributed by atoms with Crippen molar-refractivity contribution in [3.05, 3.63) is 0 Å². The van der Waals surface area contributed by atoms with Crippen LogP contribution in [0.1, 0.15) is 38.5 Å². The van der Waals surface area contributed by atoms with Crippen molar-refractivity contribution in [2.24, 2.45) is 0 Å². The van der Waals surface area contributed by atoms with Crippen molar-refractivity contribution in [2.45, 2.75) is 38.5 Å². The highest BCUT2D eigenvalue weighted by atomic mass is 31.2. The summed E-state index contributed by atoms with van der Waals surface area (Å²) in [7, 11) is -4.64. The van der Waals surface area contributed by atoms with Crippen LogP contribution in [0.25, 0.3) is 11.0 Å². The van der Waals surface area contributed by atoms with Gasteiger partial charge in [-0.15, -0.1) is 0 Å². The van der Waals surface area contributed by atoms with Gasteiger partial charge in [0.25, 0.3) is 0 Å². The van der Waals surface area contributed by atoms with Gasteiger partial charge in [-0.2, -0.15) is 9.97 Å². The summed E-state index contributed by atoms with van der Waals surface area (Å²) in [5.41, 5.74) is 1.31. The van der Waals surface area contributed by atoms with Crippen molar-refractivity contribution >= 4 is 42.4 Å². The Labute approximate surface area is 239 Å². The van der Waals surface area contributed by atoms with Crippen molar-refractivity contribution in [2.75, 3.05) is 98.4 Å². The molecule has 0 spiro atoms. The number of phosphoric acid groups is 1. The molecule has 16 nitrogen and oxygen atoms in total. The maximum atomic E-state index is 9.64. The molecule has 0 aliphatic carbocycles. The number of aliphatic hydroxyl groups is 4. The molecule has 41 heavy (non-hydrogen) atoms. The Bertz CT molecular complexity index is 1030. The number of hydrogen-bond acceptors (Lipinski definition) is 13. The molecule has 4 heterocycles. The van der Waals surface area contributed by atoms with E-state index in [0.29, 0.717) is 49.1 Å². The Morgan fingerprint density at radius 2 is 0.854 bits per heavy atom. The van der Waals surface area contributed by atoms with Crippen LogP contribution < -0.4 is 19.6 Å². The molecule has 0 aromatic carbocycles. The zero-order valence-electron chi connectivity index (χ0n) is 23.3. The molecule has 232 valence electrons. The molecule has 2 aliphatic rings. The lowest BCUT2D eigenvalue weighted by Gasteiger charge is -2.33. The van der Waals surface area contributed by atoms with Gasteiger partial charge in [0.05, 0.1) is 26.4 Å². The lowest BCUT2D eigenvalue weighted by Crippen LogP contribution is -2.36. The third-order valence-electron chi connectivity index (χ3n) is 6.84. The highest BCUT2D eigenvalue weighted by Crippen LogP contribution is 2.34. The van der Waals surface area contributed by atoms with E-state index in [4.69, 9.17) is 39.2 Å². The van der Waals surface area contributed by atoms with Gasteiger partial charge in [0.15, 0.2) is 11.6 Å². The summed E-state index contributed by atoms with van der Waals surface area (Å²) in [4.78, 5) is 49.3. The van der Waals surface area contributed by atoms with E-state index in [9.17, 15) is 20.4 Å². The molecule has 0 unspecified atom stereocenters. The standard InChI is InChI=1S/C24H40N8O4.H3O4P/c33-15-11-31(12-16-34)23-26-20-19(21(27-23)29-7-3-1-4-8-29)25-24(32(13-17-35)14-18-36)28-22(20)30-9-5-2-6-10-30;1-5(2,3)4/h33-36H,1-18H2;(H3,1,2,3,4). The van der Waals surface area contributed by atoms with E-state index in [1.807, 2.05) is 0 Å². The molecule has 0 radical (unpaired) electrons. The van der Waals surface area contributed by atoms with E-state index in [0.717, 1.165) is 63.5 Å². The summed E-state index contributed by atoms with van der Waals surface area (Å²) >= 11 is 0. The van der Waals surface area contributed by atoms with E-state index in [1.54, 1.807) is 9.80 Å². The largest absolute Gasteiger partial charge is 0.466 e. The zero-order chi connectivity index (χ0) is 29.8. The van der Waals surface area contributed by atoms with Gasteiger partial charge in [-0.25, -0.2) is 14.5 Å².